The number of benzene rings is 2. The first-order valence-electron chi connectivity index (χ1n) is 12.8. The molecule has 40 heavy (non-hydrogen) atoms. The predicted octanol–water partition coefficient (Wildman–Crippen LogP) is 6.96. The Morgan fingerprint density at radius 3 is 2.58 bits per heavy atom. The number of aromatic nitrogens is 6. The van der Waals surface area contributed by atoms with E-state index in [1.165, 1.54) is 6.07 Å². The van der Waals surface area contributed by atoms with E-state index < -0.39 is 0 Å². The van der Waals surface area contributed by atoms with Crippen LogP contribution in [0.3, 0.4) is 0 Å². The number of ether oxygens (including phenoxy) is 1. The smallest absolute Gasteiger partial charge is 0.138 e. The Labute approximate surface area is 229 Å². The van der Waals surface area contributed by atoms with Crippen molar-refractivity contribution in [1.29, 1.82) is 0 Å². The number of hydrogen-bond donors (Lipinski definition) is 1. The average molecular weight is 527 g/mol. The molecule has 194 valence electrons. The molecule has 0 saturated heterocycles. The van der Waals surface area contributed by atoms with Crippen LogP contribution in [0.25, 0.3) is 55.7 Å². The van der Waals surface area contributed by atoms with Crippen LogP contribution in [0.15, 0.2) is 104 Å². The number of pyridine rings is 3. The van der Waals surface area contributed by atoms with E-state index >= 15 is 0 Å². The summed E-state index contributed by atoms with van der Waals surface area (Å²) in [7, 11) is 1.89. The molecule has 0 unspecified atom stereocenters. The minimum Gasteiger partial charge on any atom is -0.487 e. The highest BCUT2D eigenvalue weighted by Crippen LogP contribution is 2.35. The van der Waals surface area contributed by atoms with Crippen molar-refractivity contribution in [3.8, 4) is 39.7 Å². The molecule has 1 N–H and O–H groups in total. The standard InChI is InChI=1S/C32H23FN6O/c1-39-30-18-36-28(21-13-22(17-34-16-21)40-19-20-7-3-2-4-8-20)15-25(30)32(38-39)29-14-24-27(37-29)11-12-35-31(24)23-9-5-6-10-26(23)33/h2-18,37H,19H2,1H3. The lowest BCUT2D eigenvalue weighted by atomic mass is 10.1. The van der Waals surface area contributed by atoms with Gasteiger partial charge in [-0.05, 0) is 42.0 Å². The van der Waals surface area contributed by atoms with Gasteiger partial charge in [-0.1, -0.05) is 42.5 Å². The first kappa shape index (κ1) is 23.7. The Morgan fingerprint density at radius 1 is 0.850 bits per heavy atom. The number of nitrogens with one attached hydrogen (secondary N) is 1. The lowest BCUT2D eigenvalue weighted by Crippen LogP contribution is -1.96. The molecule has 0 saturated carbocycles. The van der Waals surface area contributed by atoms with Gasteiger partial charge in [0, 0.05) is 46.9 Å². The van der Waals surface area contributed by atoms with Gasteiger partial charge in [-0.2, -0.15) is 5.10 Å². The third kappa shape index (κ3) is 4.25. The lowest BCUT2D eigenvalue weighted by molar-refractivity contribution is 0.305. The van der Waals surface area contributed by atoms with Crippen LogP contribution in [-0.4, -0.2) is 29.7 Å². The summed E-state index contributed by atoms with van der Waals surface area (Å²) in [6.45, 7) is 0.454. The highest BCUT2D eigenvalue weighted by Gasteiger charge is 2.18. The van der Waals surface area contributed by atoms with Gasteiger partial charge in [0.05, 0.1) is 35.0 Å². The molecule has 0 fully saturated rings. The molecular weight excluding hydrogens is 503 g/mol. The van der Waals surface area contributed by atoms with Crippen LogP contribution < -0.4 is 4.74 Å². The van der Waals surface area contributed by atoms with E-state index in [4.69, 9.17) is 14.8 Å². The molecule has 5 heterocycles. The first-order valence-corrected chi connectivity index (χ1v) is 12.8. The van der Waals surface area contributed by atoms with E-state index in [1.807, 2.05) is 73.9 Å². The van der Waals surface area contributed by atoms with Crippen molar-refractivity contribution < 1.29 is 9.13 Å². The zero-order valence-electron chi connectivity index (χ0n) is 21.5. The average Bonchev–Trinajstić information content (AvgIpc) is 3.58. The van der Waals surface area contributed by atoms with E-state index in [1.54, 1.807) is 35.4 Å². The fraction of sp³-hybridized carbons (Fsp3) is 0.0625. The summed E-state index contributed by atoms with van der Waals surface area (Å²) < 4.78 is 22.4. The van der Waals surface area contributed by atoms with Crippen molar-refractivity contribution in [2.45, 2.75) is 6.61 Å². The van der Waals surface area contributed by atoms with E-state index in [0.717, 1.165) is 50.0 Å². The molecule has 7 nitrogen and oxygen atoms in total. The van der Waals surface area contributed by atoms with Crippen LogP contribution in [0, 0.1) is 5.82 Å². The summed E-state index contributed by atoms with van der Waals surface area (Å²) in [6, 6.07) is 24.5. The number of fused-ring (bicyclic) bond motifs is 2. The topological polar surface area (TPSA) is 81.5 Å². The number of halogens is 1. The van der Waals surface area contributed by atoms with Crippen LogP contribution in [-0.2, 0) is 13.7 Å². The molecule has 0 aliphatic heterocycles. The van der Waals surface area contributed by atoms with Crippen molar-refractivity contribution in [2.75, 3.05) is 0 Å². The summed E-state index contributed by atoms with van der Waals surface area (Å²) in [5.41, 5.74) is 7.02. The molecule has 0 amide bonds. The summed E-state index contributed by atoms with van der Waals surface area (Å²) >= 11 is 0. The minimum absolute atomic E-state index is 0.312. The molecule has 7 rings (SSSR count). The molecule has 7 aromatic rings. The van der Waals surface area contributed by atoms with Crippen molar-refractivity contribution in [3.63, 3.8) is 0 Å². The number of aryl methyl sites for hydroxylation is 1. The number of aromatic amines is 1. The van der Waals surface area contributed by atoms with E-state index in [-0.39, 0.29) is 5.82 Å². The van der Waals surface area contributed by atoms with Crippen LogP contribution >= 0.6 is 0 Å². The van der Waals surface area contributed by atoms with Gasteiger partial charge >= 0.3 is 0 Å². The Morgan fingerprint density at radius 2 is 1.70 bits per heavy atom. The molecule has 0 aliphatic rings. The van der Waals surface area contributed by atoms with Crippen molar-refractivity contribution >= 4 is 21.8 Å². The fourth-order valence-corrected chi connectivity index (χ4v) is 4.94. The molecule has 2 aromatic carbocycles. The third-order valence-electron chi connectivity index (χ3n) is 6.93. The fourth-order valence-electron chi connectivity index (χ4n) is 4.94. The van der Waals surface area contributed by atoms with Crippen LogP contribution in [0.1, 0.15) is 5.56 Å². The van der Waals surface area contributed by atoms with Gasteiger partial charge in [0.15, 0.2) is 0 Å². The Bertz CT molecular complexity index is 2000. The number of hydrogen-bond acceptors (Lipinski definition) is 5. The zero-order chi connectivity index (χ0) is 27.1. The lowest BCUT2D eigenvalue weighted by Gasteiger charge is -2.08. The van der Waals surface area contributed by atoms with Crippen LogP contribution in [0.5, 0.6) is 5.75 Å². The van der Waals surface area contributed by atoms with Gasteiger partial charge in [0.25, 0.3) is 0 Å². The van der Waals surface area contributed by atoms with Gasteiger partial charge in [0.1, 0.15) is 23.9 Å². The molecule has 0 aliphatic carbocycles. The maximum absolute atomic E-state index is 14.6. The van der Waals surface area contributed by atoms with Crippen LogP contribution in [0.4, 0.5) is 4.39 Å². The first-order chi connectivity index (χ1) is 19.6. The Kier molecular flexibility index (Phi) is 5.78. The van der Waals surface area contributed by atoms with E-state index in [0.29, 0.717) is 23.6 Å². The molecule has 0 atom stereocenters. The van der Waals surface area contributed by atoms with E-state index in [9.17, 15) is 4.39 Å². The number of H-pyrrole nitrogens is 1. The SMILES string of the molecule is Cn1nc(-c2cc3c(-c4ccccc4F)nccc3[nH]2)c2cc(-c3cncc(OCc4ccccc4)c3)ncc21. The Hall–Kier alpha value is -5.37. The summed E-state index contributed by atoms with van der Waals surface area (Å²) in [6.07, 6.45) is 6.97. The maximum atomic E-state index is 14.6. The largest absolute Gasteiger partial charge is 0.487 e. The quantitative estimate of drug-likeness (QED) is 0.253. The highest BCUT2D eigenvalue weighted by atomic mass is 19.1. The number of rotatable bonds is 6. The second kappa shape index (κ2) is 9.74. The maximum Gasteiger partial charge on any atom is 0.138 e. The van der Waals surface area contributed by atoms with Gasteiger partial charge in [-0.25, -0.2) is 4.39 Å². The second-order valence-corrected chi connectivity index (χ2v) is 9.53. The Balaban J connectivity index is 1.27. The molecule has 8 heteroatoms. The van der Waals surface area contributed by atoms with Crippen LogP contribution in [0.2, 0.25) is 0 Å². The van der Waals surface area contributed by atoms with Crippen molar-refractivity contribution in [2.24, 2.45) is 7.05 Å². The second-order valence-electron chi connectivity index (χ2n) is 9.53. The van der Waals surface area contributed by atoms with Crippen molar-refractivity contribution in [3.05, 3.63) is 115 Å². The summed E-state index contributed by atoms with van der Waals surface area (Å²) in [5, 5.41) is 6.55. The van der Waals surface area contributed by atoms with Gasteiger partial charge in [-0.15, -0.1) is 0 Å². The monoisotopic (exact) mass is 526 g/mol. The molecule has 0 radical (unpaired) electrons. The summed E-state index contributed by atoms with van der Waals surface area (Å²) in [4.78, 5) is 17.0. The molecule has 5 aromatic heterocycles. The zero-order valence-corrected chi connectivity index (χ0v) is 21.5. The molecule has 0 bridgehead atoms. The van der Waals surface area contributed by atoms with Crippen molar-refractivity contribution in [1.82, 2.24) is 29.7 Å². The van der Waals surface area contributed by atoms with Gasteiger partial charge < -0.3 is 9.72 Å². The minimum atomic E-state index is -0.312. The van der Waals surface area contributed by atoms with E-state index in [2.05, 4.69) is 15.0 Å². The number of nitrogens with zero attached hydrogens (tertiary/aromatic N) is 5. The van der Waals surface area contributed by atoms with Gasteiger partial charge in [0.2, 0.25) is 0 Å². The highest BCUT2D eigenvalue weighted by molar-refractivity contribution is 6.00. The summed E-state index contributed by atoms with van der Waals surface area (Å²) in [5.74, 6) is 0.353. The third-order valence-corrected chi connectivity index (χ3v) is 6.93. The normalized spacial score (nSPS) is 11.3. The molecular formula is C32H23FN6O. The predicted molar refractivity (Wildman–Crippen MR) is 153 cm³/mol. The van der Waals surface area contributed by atoms with Gasteiger partial charge in [-0.3, -0.25) is 19.6 Å². The molecule has 0 spiro atoms.